The molecule has 0 aromatic rings. The molecule has 0 N–H and O–H groups in total. The minimum atomic E-state index is 0.341. The molecule has 0 spiro atoms. The largest absolute Gasteiger partial charge is 0.342 e. The summed E-state index contributed by atoms with van der Waals surface area (Å²) >= 11 is 0. The Morgan fingerprint density at radius 3 is 2.79 bits per heavy atom. The first kappa shape index (κ1) is 11.5. The van der Waals surface area contributed by atoms with Gasteiger partial charge in [0, 0.05) is 19.0 Å². The predicted octanol–water partition coefficient (Wildman–Crippen LogP) is 2.68. The normalized spacial score (nSPS) is 22.4. The highest BCUT2D eigenvalue weighted by Gasteiger charge is 2.30. The molecule has 0 aromatic carbocycles. The Labute approximate surface area is 87.7 Å². The van der Waals surface area contributed by atoms with Gasteiger partial charge in [-0.25, -0.2) is 0 Å². The second kappa shape index (κ2) is 5.38. The van der Waals surface area contributed by atoms with E-state index in [1.165, 1.54) is 12.8 Å². The van der Waals surface area contributed by atoms with Crippen molar-refractivity contribution in [1.82, 2.24) is 4.90 Å². The first-order chi connectivity index (χ1) is 6.65. The highest BCUT2D eigenvalue weighted by atomic mass is 16.2. The van der Waals surface area contributed by atoms with Crippen LogP contribution in [0.1, 0.15) is 46.5 Å². The number of likely N-dealkylation sites (tertiary alicyclic amines) is 1. The quantitative estimate of drug-likeness (QED) is 0.663. The van der Waals surface area contributed by atoms with E-state index in [0.717, 1.165) is 25.9 Å². The molecule has 2 nitrogen and oxygen atoms in total. The van der Waals surface area contributed by atoms with Crippen molar-refractivity contribution in [1.29, 1.82) is 0 Å². The van der Waals surface area contributed by atoms with Crippen LogP contribution in [0, 0.1) is 11.8 Å². The van der Waals surface area contributed by atoms with Gasteiger partial charge in [0.15, 0.2) is 0 Å². The van der Waals surface area contributed by atoms with Gasteiger partial charge in [0.25, 0.3) is 0 Å². The van der Waals surface area contributed by atoms with Gasteiger partial charge in [-0.2, -0.15) is 0 Å². The first-order valence-electron chi connectivity index (χ1n) is 5.94. The third-order valence-corrected chi connectivity index (χ3v) is 2.90. The van der Waals surface area contributed by atoms with Crippen LogP contribution < -0.4 is 0 Å². The molecular formula is C12H23NO. The van der Waals surface area contributed by atoms with E-state index in [-0.39, 0.29) is 0 Å². The average molecular weight is 197 g/mol. The van der Waals surface area contributed by atoms with Crippen molar-refractivity contribution in [3.8, 4) is 0 Å². The molecule has 1 amide bonds. The van der Waals surface area contributed by atoms with Crippen molar-refractivity contribution >= 4 is 5.91 Å². The fourth-order valence-electron chi connectivity index (χ4n) is 2.14. The Hall–Kier alpha value is -0.530. The van der Waals surface area contributed by atoms with E-state index in [4.69, 9.17) is 0 Å². The van der Waals surface area contributed by atoms with Crippen LogP contribution in [0.15, 0.2) is 0 Å². The van der Waals surface area contributed by atoms with Gasteiger partial charge < -0.3 is 4.90 Å². The Morgan fingerprint density at radius 2 is 2.21 bits per heavy atom. The molecule has 1 aliphatic rings. The van der Waals surface area contributed by atoms with E-state index in [1.807, 2.05) is 4.90 Å². The molecule has 0 aliphatic carbocycles. The Kier molecular flexibility index (Phi) is 4.43. The summed E-state index contributed by atoms with van der Waals surface area (Å²) in [5.41, 5.74) is 0. The molecule has 14 heavy (non-hydrogen) atoms. The smallest absolute Gasteiger partial charge is 0.225 e. The van der Waals surface area contributed by atoms with Crippen LogP contribution in [0.5, 0.6) is 0 Å². The minimum absolute atomic E-state index is 0.341. The molecule has 1 unspecified atom stereocenters. The molecule has 82 valence electrons. The molecule has 1 aliphatic heterocycles. The fraction of sp³-hybridized carbons (Fsp3) is 0.917. The zero-order valence-corrected chi connectivity index (χ0v) is 9.75. The van der Waals surface area contributed by atoms with Gasteiger partial charge in [-0.05, 0) is 18.8 Å². The number of hydrogen-bond acceptors (Lipinski definition) is 1. The maximum absolute atomic E-state index is 11.9. The summed E-state index contributed by atoms with van der Waals surface area (Å²) in [6, 6.07) is 0. The summed E-state index contributed by atoms with van der Waals surface area (Å²) in [7, 11) is 0. The lowest BCUT2D eigenvalue weighted by atomic mass is 10.0. The fourth-order valence-corrected chi connectivity index (χ4v) is 2.14. The molecule has 0 radical (unpaired) electrons. The number of nitrogens with zero attached hydrogens (tertiary/aromatic N) is 1. The second-order valence-corrected chi connectivity index (χ2v) is 4.81. The van der Waals surface area contributed by atoms with Crippen LogP contribution in [0.25, 0.3) is 0 Å². The third-order valence-electron chi connectivity index (χ3n) is 2.90. The van der Waals surface area contributed by atoms with Crippen LogP contribution in [-0.4, -0.2) is 23.9 Å². The molecule has 0 bridgehead atoms. The summed E-state index contributed by atoms with van der Waals surface area (Å²) in [4.78, 5) is 13.9. The maximum atomic E-state index is 11.9. The zero-order chi connectivity index (χ0) is 10.6. The topological polar surface area (TPSA) is 20.3 Å². The lowest BCUT2D eigenvalue weighted by molar-refractivity contribution is -0.131. The van der Waals surface area contributed by atoms with Gasteiger partial charge in [0.1, 0.15) is 0 Å². The molecule has 1 atom stereocenters. The first-order valence-corrected chi connectivity index (χ1v) is 5.94. The van der Waals surface area contributed by atoms with E-state index in [9.17, 15) is 4.79 Å². The maximum Gasteiger partial charge on any atom is 0.225 e. The molecule has 1 heterocycles. The van der Waals surface area contributed by atoms with E-state index < -0.39 is 0 Å². The van der Waals surface area contributed by atoms with Crippen molar-refractivity contribution in [2.45, 2.75) is 46.5 Å². The molecule has 1 fully saturated rings. The highest BCUT2D eigenvalue weighted by molar-refractivity contribution is 5.80. The van der Waals surface area contributed by atoms with Crippen LogP contribution in [0.2, 0.25) is 0 Å². The number of carbonyl (C=O) groups excluding carboxylic acids is 1. The molecule has 0 aromatic heterocycles. The highest BCUT2D eigenvalue weighted by Crippen LogP contribution is 2.23. The van der Waals surface area contributed by atoms with Gasteiger partial charge in [0.2, 0.25) is 5.91 Å². The van der Waals surface area contributed by atoms with Gasteiger partial charge in [-0.1, -0.05) is 33.6 Å². The number of amides is 1. The third kappa shape index (κ3) is 3.00. The lowest BCUT2D eigenvalue weighted by Crippen LogP contribution is -2.30. The van der Waals surface area contributed by atoms with Crippen molar-refractivity contribution in [2.24, 2.45) is 11.8 Å². The van der Waals surface area contributed by atoms with Gasteiger partial charge in [0.05, 0.1) is 0 Å². The SMILES string of the molecule is CCCCC1CCN(CC(C)C)C1=O. The second-order valence-electron chi connectivity index (χ2n) is 4.81. The summed E-state index contributed by atoms with van der Waals surface area (Å²) in [6.45, 7) is 8.47. The molecular weight excluding hydrogens is 174 g/mol. The van der Waals surface area contributed by atoms with Crippen molar-refractivity contribution in [3.63, 3.8) is 0 Å². The number of carbonyl (C=O) groups is 1. The average Bonchev–Trinajstić information content (AvgIpc) is 2.45. The number of unbranched alkanes of at least 4 members (excludes halogenated alkanes) is 1. The van der Waals surface area contributed by atoms with Gasteiger partial charge in [-0.3, -0.25) is 4.79 Å². The molecule has 1 rings (SSSR count). The van der Waals surface area contributed by atoms with Crippen LogP contribution in [0.4, 0.5) is 0 Å². The Bertz CT molecular complexity index is 189. The standard InChI is InChI=1S/C12H23NO/c1-4-5-6-11-7-8-13(12(11)14)9-10(2)3/h10-11H,4-9H2,1-3H3. The minimum Gasteiger partial charge on any atom is -0.342 e. The van der Waals surface area contributed by atoms with E-state index in [2.05, 4.69) is 20.8 Å². The van der Waals surface area contributed by atoms with E-state index in [0.29, 0.717) is 17.7 Å². The summed E-state index contributed by atoms with van der Waals surface area (Å²) in [6.07, 6.45) is 4.59. The van der Waals surface area contributed by atoms with Crippen LogP contribution in [-0.2, 0) is 4.79 Å². The van der Waals surface area contributed by atoms with Crippen molar-refractivity contribution in [3.05, 3.63) is 0 Å². The van der Waals surface area contributed by atoms with E-state index >= 15 is 0 Å². The van der Waals surface area contributed by atoms with Gasteiger partial charge >= 0.3 is 0 Å². The van der Waals surface area contributed by atoms with Crippen molar-refractivity contribution < 1.29 is 4.79 Å². The monoisotopic (exact) mass is 197 g/mol. The summed E-state index contributed by atoms with van der Waals surface area (Å²) in [5, 5.41) is 0. The van der Waals surface area contributed by atoms with E-state index in [1.54, 1.807) is 0 Å². The Morgan fingerprint density at radius 1 is 1.50 bits per heavy atom. The molecule has 1 saturated heterocycles. The molecule has 0 saturated carbocycles. The summed E-state index contributed by atoms with van der Waals surface area (Å²) < 4.78 is 0. The van der Waals surface area contributed by atoms with Gasteiger partial charge in [-0.15, -0.1) is 0 Å². The van der Waals surface area contributed by atoms with Crippen LogP contribution >= 0.6 is 0 Å². The summed E-state index contributed by atoms with van der Waals surface area (Å²) in [5.74, 6) is 1.35. The zero-order valence-electron chi connectivity index (χ0n) is 9.75. The van der Waals surface area contributed by atoms with Crippen molar-refractivity contribution in [2.75, 3.05) is 13.1 Å². The number of hydrogen-bond donors (Lipinski definition) is 0. The predicted molar refractivity (Wildman–Crippen MR) is 59.1 cm³/mol. The Balaban J connectivity index is 2.35. The lowest BCUT2D eigenvalue weighted by Gasteiger charge is -2.18. The van der Waals surface area contributed by atoms with Crippen LogP contribution in [0.3, 0.4) is 0 Å². The molecule has 2 heteroatoms. The number of rotatable bonds is 5.